The van der Waals surface area contributed by atoms with Crippen molar-refractivity contribution < 1.29 is 32.4 Å². The second-order valence-electron chi connectivity index (χ2n) is 17.2. The lowest BCUT2D eigenvalue weighted by molar-refractivity contribution is -0.127. The van der Waals surface area contributed by atoms with Crippen LogP contribution in [0.4, 0.5) is 26.2 Å². The van der Waals surface area contributed by atoms with Crippen LogP contribution >= 0.6 is 11.3 Å². The van der Waals surface area contributed by atoms with Crippen molar-refractivity contribution in [2.24, 2.45) is 25.9 Å². The molecule has 0 radical (unpaired) electrons. The lowest BCUT2D eigenvalue weighted by Gasteiger charge is -2.22. The molecule has 1 amide bonds. The third-order valence-electron chi connectivity index (χ3n) is 11.7. The van der Waals surface area contributed by atoms with E-state index in [4.69, 9.17) is 10.2 Å². The van der Waals surface area contributed by atoms with Gasteiger partial charge < -0.3 is 20.4 Å². The van der Waals surface area contributed by atoms with E-state index in [2.05, 4.69) is 40.7 Å². The van der Waals surface area contributed by atoms with Crippen LogP contribution in [0.1, 0.15) is 93.4 Å². The Hall–Kier alpha value is -8.65. The van der Waals surface area contributed by atoms with Crippen LogP contribution in [0.3, 0.4) is 0 Å². The van der Waals surface area contributed by atoms with Crippen LogP contribution < -0.4 is 11.1 Å². The third kappa shape index (κ3) is 12.3. The maximum Gasteiger partial charge on any atom is 0.344 e. The van der Waals surface area contributed by atoms with Crippen molar-refractivity contribution in [2.45, 2.75) is 52.6 Å². The number of carbonyl (C=O) groups excluding carboxylic acids is 4. The highest BCUT2D eigenvalue weighted by Gasteiger charge is 2.24. The fraction of sp³-hybridized carbons (Fsp3) is 0.226. The predicted octanol–water partition coefficient (Wildman–Crippen LogP) is 9.25. The summed E-state index contributed by atoms with van der Waals surface area (Å²) in [5.74, 6) is -0.838. The molecule has 20 heteroatoms. The number of aldehydes is 3. The molecular formula is C53H50F2N12O5S. The molecule has 6 aromatic rings. The summed E-state index contributed by atoms with van der Waals surface area (Å²) in [6.07, 6.45) is 11.4. The molecule has 4 heterocycles. The summed E-state index contributed by atoms with van der Waals surface area (Å²) in [6, 6.07) is 16.0. The largest absolute Gasteiger partial charge is 0.404 e. The Morgan fingerprint density at radius 3 is 2.04 bits per heavy atom. The van der Waals surface area contributed by atoms with Gasteiger partial charge in [-0.3, -0.25) is 29.2 Å². The summed E-state index contributed by atoms with van der Waals surface area (Å²) in [5.41, 5.74) is 11.6. The summed E-state index contributed by atoms with van der Waals surface area (Å²) in [6.45, 7) is 5.63. The number of anilines is 1. The van der Waals surface area contributed by atoms with Crippen LogP contribution in [-0.2, 0) is 22.7 Å². The molecule has 73 heavy (non-hydrogen) atoms. The van der Waals surface area contributed by atoms with Crippen molar-refractivity contribution in [3.8, 4) is 22.3 Å². The molecule has 2 aliphatic heterocycles. The number of rotatable bonds is 19. The smallest absolute Gasteiger partial charge is 0.344 e. The van der Waals surface area contributed by atoms with Crippen molar-refractivity contribution in [3.05, 3.63) is 139 Å². The van der Waals surface area contributed by atoms with E-state index in [1.807, 2.05) is 19.2 Å². The Kier molecular flexibility index (Phi) is 16.0. The monoisotopic (exact) mass is 1000 g/mol. The predicted molar refractivity (Wildman–Crippen MR) is 279 cm³/mol. The van der Waals surface area contributed by atoms with Gasteiger partial charge in [-0.2, -0.15) is 15.2 Å². The van der Waals surface area contributed by atoms with E-state index < -0.39 is 11.6 Å². The molecule has 8 rings (SSSR count). The average molecular weight is 1010 g/mol. The number of amides is 1. The fourth-order valence-electron chi connectivity index (χ4n) is 8.16. The average Bonchev–Trinajstić information content (AvgIpc) is 3.98. The van der Waals surface area contributed by atoms with Gasteiger partial charge >= 0.3 is 6.01 Å². The van der Waals surface area contributed by atoms with Gasteiger partial charge in [0, 0.05) is 96.1 Å². The van der Waals surface area contributed by atoms with E-state index in [1.54, 1.807) is 84.9 Å². The summed E-state index contributed by atoms with van der Waals surface area (Å²) < 4.78 is 37.7. The zero-order chi connectivity index (χ0) is 51.6. The van der Waals surface area contributed by atoms with Crippen LogP contribution in [0, 0.1) is 11.6 Å². The van der Waals surface area contributed by atoms with Gasteiger partial charge in [0.1, 0.15) is 41.1 Å². The number of benzene rings is 4. The minimum atomic E-state index is -0.597. The molecule has 0 aliphatic carbocycles. The van der Waals surface area contributed by atoms with Crippen LogP contribution in [0.25, 0.3) is 34.4 Å². The summed E-state index contributed by atoms with van der Waals surface area (Å²) in [5, 5.41) is 26.2. The fourth-order valence-corrected chi connectivity index (χ4v) is 8.83. The maximum atomic E-state index is 16.0. The minimum Gasteiger partial charge on any atom is -0.404 e. The van der Waals surface area contributed by atoms with Crippen LogP contribution in [0.2, 0.25) is 0 Å². The zero-order valence-electron chi connectivity index (χ0n) is 40.4. The molecule has 2 aromatic heterocycles. The first-order valence-corrected chi connectivity index (χ1v) is 24.1. The molecule has 0 saturated heterocycles. The molecule has 3 N–H and O–H groups in total. The number of hydrogen-bond donors (Lipinski definition) is 2. The molecule has 0 atom stereocenters. The van der Waals surface area contributed by atoms with Crippen molar-refractivity contribution in [2.75, 3.05) is 32.5 Å². The summed E-state index contributed by atoms with van der Waals surface area (Å²) in [4.78, 5) is 64.7. The molecule has 4 aromatic carbocycles. The number of amidine groups is 2. The second kappa shape index (κ2) is 23.1. The molecule has 17 nitrogen and oxygen atoms in total. The number of aliphatic imine (C=N–C) groups is 2. The highest BCUT2D eigenvalue weighted by Crippen LogP contribution is 2.36. The first-order valence-electron chi connectivity index (χ1n) is 23.3. The first kappa shape index (κ1) is 50.7. The minimum absolute atomic E-state index is 0.00833. The quantitative estimate of drug-likeness (QED) is 0.0441. The van der Waals surface area contributed by atoms with Crippen LogP contribution in [0.5, 0.6) is 0 Å². The van der Waals surface area contributed by atoms with Crippen LogP contribution in [-0.4, -0.2) is 106 Å². The number of hydrogen-bond acceptors (Lipinski definition) is 16. The van der Waals surface area contributed by atoms with Crippen molar-refractivity contribution >= 4 is 89.7 Å². The van der Waals surface area contributed by atoms with Crippen molar-refractivity contribution in [3.63, 3.8) is 0 Å². The number of thiazole rings is 1. The Balaban J connectivity index is 0.978. The van der Waals surface area contributed by atoms with Gasteiger partial charge in [0.2, 0.25) is 11.8 Å². The van der Waals surface area contributed by atoms with Crippen molar-refractivity contribution in [1.82, 2.24) is 30.1 Å². The number of nitrogens with two attached hydrogens (primary N) is 1. The number of fused-ring (bicyclic) bond motifs is 2. The standard InChI is InChI=1S/C53H50F2N12O5S/c1-5-12-67(13-6-2)52(71)39-19-43-45(55)21-37(22-46(43)60-48(56)24-39)33-7-9-35(30-69)40(17-33)25-58-65(3)27-50-63-64-53(72-50)62-49-16-32(29-68)15-42-44(54)20-38(23-47(42)61-49)34-8-10-36(31-70)41(18-34)26-59-66(4)28-51-57-11-14-73-51/h7-11,14-15,17-23,25-26,29-31H,5-6,12-13,16,24,27-28H2,1-4H3,(H2,56,60)(H,61,62,64)/b58-25-,59-26-. The Labute approximate surface area is 423 Å². The number of nitrogens with zero attached hydrogens (tertiary/aromatic N) is 10. The molecule has 0 bridgehead atoms. The third-order valence-corrected chi connectivity index (χ3v) is 12.4. The maximum absolute atomic E-state index is 16.0. The SMILES string of the molecule is CCCN(CCC)C(=O)C1=Cc2c(F)cc(-c3ccc(C=O)c(/C=N\N(C)Cc4nnc(N=C5CC(C=O)=Cc6c(F)cc(-c7ccc(C=O)c(/C=N\N(C)Cc8nccs8)c7)cc6N5)o4)c3)cc2N=C(N)C1. The molecule has 0 spiro atoms. The highest BCUT2D eigenvalue weighted by molar-refractivity contribution is 7.09. The Bertz CT molecular complexity index is 3270. The molecule has 0 saturated carbocycles. The normalized spacial score (nSPS) is 13.8. The van der Waals surface area contributed by atoms with E-state index >= 15 is 8.78 Å². The first-order chi connectivity index (χ1) is 35.3. The van der Waals surface area contributed by atoms with E-state index in [0.29, 0.717) is 88.0 Å². The number of halogens is 2. The number of nitrogens with one attached hydrogen (secondary N) is 1. The number of hydrazone groups is 2. The van der Waals surface area contributed by atoms with Gasteiger partial charge in [-0.15, -0.1) is 16.4 Å². The lowest BCUT2D eigenvalue weighted by atomic mass is 9.97. The summed E-state index contributed by atoms with van der Waals surface area (Å²) >= 11 is 1.51. The van der Waals surface area contributed by atoms with Gasteiger partial charge in [0.05, 0.1) is 30.3 Å². The van der Waals surface area contributed by atoms with Gasteiger partial charge in [0.15, 0.2) is 12.6 Å². The van der Waals surface area contributed by atoms with E-state index in [0.717, 1.165) is 24.1 Å². The summed E-state index contributed by atoms with van der Waals surface area (Å²) in [7, 11) is 3.44. The van der Waals surface area contributed by atoms with Gasteiger partial charge in [-0.25, -0.2) is 18.8 Å². The van der Waals surface area contributed by atoms with E-state index in [9.17, 15) is 19.2 Å². The topological polar surface area (TPSA) is 217 Å². The Morgan fingerprint density at radius 1 is 0.781 bits per heavy atom. The van der Waals surface area contributed by atoms with Gasteiger partial charge in [-0.05, 0) is 83.6 Å². The lowest BCUT2D eigenvalue weighted by Crippen LogP contribution is -2.34. The van der Waals surface area contributed by atoms with E-state index in [-0.39, 0.29) is 71.3 Å². The highest BCUT2D eigenvalue weighted by atomic mass is 32.1. The second-order valence-corrected chi connectivity index (χ2v) is 18.2. The van der Waals surface area contributed by atoms with Gasteiger partial charge in [-0.1, -0.05) is 43.2 Å². The molecule has 0 unspecified atom stereocenters. The number of aromatic nitrogens is 3. The molecular weight excluding hydrogens is 955 g/mol. The molecule has 2 aliphatic rings. The molecule has 372 valence electrons. The molecule has 0 fully saturated rings. The van der Waals surface area contributed by atoms with Crippen LogP contribution in [0.15, 0.2) is 108 Å². The van der Waals surface area contributed by atoms with Crippen molar-refractivity contribution in [1.29, 1.82) is 0 Å². The van der Waals surface area contributed by atoms with E-state index in [1.165, 1.54) is 46.8 Å². The zero-order valence-corrected chi connectivity index (χ0v) is 41.2. The van der Waals surface area contributed by atoms with Gasteiger partial charge in [0.25, 0.3) is 0 Å². The Morgan fingerprint density at radius 2 is 1.42 bits per heavy atom. The number of carbonyl (C=O) groups is 4.